The zero-order valence-electron chi connectivity index (χ0n) is 11.5. The minimum Gasteiger partial charge on any atom is -0.466 e. The minimum atomic E-state index is -0.338. The Labute approximate surface area is 121 Å². The number of thiophene rings is 1. The Bertz CT molecular complexity index is 459. The molecule has 0 saturated heterocycles. The second kappa shape index (κ2) is 8.31. The zero-order chi connectivity index (χ0) is 15.0. The van der Waals surface area contributed by atoms with Crippen molar-refractivity contribution in [3.8, 4) is 0 Å². The number of amides is 2. The highest BCUT2D eigenvalue weighted by Gasteiger charge is 2.13. The lowest BCUT2D eigenvalue weighted by Crippen LogP contribution is -2.38. The van der Waals surface area contributed by atoms with Crippen LogP contribution in [-0.4, -0.2) is 49.4 Å². The van der Waals surface area contributed by atoms with Crippen molar-refractivity contribution in [3.63, 3.8) is 0 Å². The molecular weight excluding hydrogens is 280 g/mol. The fourth-order valence-electron chi connectivity index (χ4n) is 1.40. The van der Waals surface area contributed by atoms with Crippen molar-refractivity contribution in [1.29, 1.82) is 0 Å². The summed E-state index contributed by atoms with van der Waals surface area (Å²) in [6.45, 7) is 2.24. The van der Waals surface area contributed by atoms with Crippen LogP contribution >= 0.6 is 11.3 Å². The molecule has 1 aromatic rings. The Morgan fingerprint density at radius 3 is 2.75 bits per heavy atom. The average molecular weight is 298 g/mol. The number of likely N-dealkylation sites (N-methyl/N-ethyl adjacent to an activating group) is 1. The maximum Gasteiger partial charge on any atom is 0.307 e. The molecule has 0 bridgehead atoms. The summed E-state index contributed by atoms with van der Waals surface area (Å²) >= 11 is 1.31. The molecule has 0 unspecified atom stereocenters. The molecule has 0 atom stereocenters. The number of nitrogens with zero attached hydrogens (tertiary/aromatic N) is 1. The van der Waals surface area contributed by atoms with E-state index >= 15 is 0 Å². The standard InChI is InChI=1S/C13H18N2O4S/c1-3-19-12(17)6-7-15(2)11(16)9-14-13(18)10-5-4-8-20-10/h4-5,8H,3,6-7,9H2,1-2H3,(H,14,18). The lowest BCUT2D eigenvalue weighted by Gasteiger charge is -2.16. The van der Waals surface area contributed by atoms with E-state index in [0.717, 1.165) is 0 Å². The van der Waals surface area contributed by atoms with Crippen LogP contribution in [0, 0.1) is 0 Å². The molecule has 1 N–H and O–H groups in total. The van der Waals surface area contributed by atoms with Gasteiger partial charge >= 0.3 is 5.97 Å². The number of nitrogens with one attached hydrogen (secondary N) is 1. The van der Waals surface area contributed by atoms with E-state index in [1.165, 1.54) is 16.2 Å². The number of esters is 1. The maximum atomic E-state index is 11.7. The van der Waals surface area contributed by atoms with Crippen LogP contribution < -0.4 is 5.32 Å². The second-order valence-electron chi connectivity index (χ2n) is 4.03. The van der Waals surface area contributed by atoms with Gasteiger partial charge in [0.2, 0.25) is 5.91 Å². The van der Waals surface area contributed by atoms with Gasteiger partial charge in [-0.1, -0.05) is 6.07 Å². The van der Waals surface area contributed by atoms with E-state index in [2.05, 4.69) is 5.32 Å². The summed E-state index contributed by atoms with van der Waals surface area (Å²) in [4.78, 5) is 36.5. The lowest BCUT2D eigenvalue weighted by molar-refractivity contribution is -0.143. The molecule has 1 rings (SSSR count). The predicted octanol–water partition coefficient (Wildman–Crippen LogP) is 0.890. The highest BCUT2D eigenvalue weighted by Crippen LogP contribution is 2.07. The van der Waals surface area contributed by atoms with Crippen molar-refractivity contribution in [2.45, 2.75) is 13.3 Å². The van der Waals surface area contributed by atoms with Gasteiger partial charge in [-0.15, -0.1) is 11.3 Å². The molecule has 0 aromatic carbocycles. The van der Waals surface area contributed by atoms with Gasteiger partial charge in [-0.25, -0.2) is 0 Å². The number of carbonyl (C=O) groups excluding carboxylic acids is 3. The molecule has 0 fully saturated rings. The number of carbonyl (C=O) groups is 3. The topological polar surface area (TPSA) is 75.7 Å². The Morgan fingerprint density at radius 2 is 2.15 bits per heavy atom. The molecule has 0 aliphatic carbocycles. The predicted molar refractivity (Wildman–Crippen MR) is 75.5 cm³/mol. The number of rotatable bonds is 7. The average Bonchev–Trinajstić information content (AvgIpc) is 2.96. The van der Waals surface area contributed by atoms with Crippen molar-refractivity contribution in [1.82, 2.24) is 10.2 Å². The van der Waals surface area contributed by atoms with Crippen molar-refractivity contribution >= 4 is 29.1 Å². The van der Waals surface area contributed by atoms with E-state index in [1.54, 1.807) is 31.5 Å². The minimum absolute atomic E-state index is 0.0872. The van der Waals surface area contributed by atoms with Gasteiger partial charge in [0.15, 0.2) is 0 Å². The normalized spacial score (nSPS) is 9.90. The Balaban J connectivity index is 2.28. The molecule has 20 heavy (non-hydrogen) atoms. The van der Waals surface area contributed by atoms with Crippen molar-refractivity contribution < 1.29 is 19.1 Å². The molecule has 1 aromatic heterocycles. The van der Waals surface area contributed by atoms with Gasteiger partial charge in [0, 0.05) is 13.6 Å². The van der Waals surface area contributed by atoms with E-state index in [1.807, 2.05) is 0 Å². The summed E-state index contributed by atoms with van der Waals surface area (Å²) in [5.41, 5.74) is 0. The van der Waals surface area contributed by atoms with Crippen LogP contribution in [0.1, 0.15) is 23.0 Å². The number of hydrogen-bond acceptors (Lipinski definition) is 5. The van der Waals surface area contributed by atoms with Crippen molar-refractivity contribution in [2.24, 2.45) is 0 Å². The number of ether oxygens (including phenoxy) is 1. The summed E-state index contributed by atoms with van der Waals surface area (Å²) in [5, 5.41) is 4.34. The van der Waals surface area contributed by atoms with E-state index in [4.69, 9.17) is 4.74 Å². The Kier molecular flexibility index (Phi) is 6.72. The van der Waals surface area contributed by atoms with Gasteiger partial charge in [-0.2, -0.15) is 0 Å². The van der Waals surface area contributed by atoms with Crippen LogP contribution in [0.5, 0.6) is 0 Å². The van der Waals surface area contributed by atoms with E-state index in [-0.39, 0.29) is 37.3 Å². The fourth-order valence-corrected chi connectivity index (χ4v) is 2.04. The smallest absolute Gasteiger partial charge is 0.307 e. The first-order valence-corrected chi connectivity index (χ1v) is 7.13. The van der Waals surface area contributed by atoms with Crippen LogP contribution in [0.25, 0.3) is 0 Å². The summed E-state index contributed by atoms with van der Waals surface area (Å²) in [7, 11) is 1.58. The van der Waals surface area contributed by atoms with Crippen LogP contribution in [0.4, 0.5) is 0 Å². The molecule has 2 amide bonds. The van der Waals surface area contributed by atoms with Crippen molar-refractivity contribution in [3.05, 3.63) is 22.4 Å². The van der Waals surface area contributed by atoms with Gasteiger partial charge in [-0.3, -0.25) is 14.4 Å². The van der Waals surface area contributed by atoms with Gasteiger partial charge in [0.05, 0.1) is 24.4 Å². The van der Waals surface area contributed by atoms with Gasteiger partial charge in [-0.05, 0) is 18.4 Å². The molecule has 0 spiro atoms. The molecule has 0 aliphatic heterocycles. The van der Waals surface area contributed by atoms with Gasteiger partial charge < -0.3 is 15.0 Å². The lowest BCUT2D eigenvalue weighted by atomic mass is 10.3. The molecule has 0 aliphatic rings. The van der Waals surface area contributed by atoms with Gasteiger partial charge in [0.1, 0.15) is 0 Å². The van der Waals surface area contributed by atoms with E-state index in [9.17, 15) is 14.4 Å². The molecule has 6 nitrogen and oxygen atoms in total. The summed E-state index contributed by atoms with van der Waals surface area (Å²) in [6, 6.07) is 3.46. The van der Waals surface area contributed by atoms with Crippen LogP contribution in [0.3, 0.4) is 0 Å². The van der Waals surface area contributed by atoms with Crippen molar-refractivity contribution in [2.75, 3.05) is 26.7 Å². The molecule has 1 heterocycles. The van der Waals surface area contributed by atoms with Gasteiger partial charge in [0.25, 0.3) is 5.91 Å². The summed E-state index contributed by atoms with van der Waals surface area (Å²) in [5.74, 6) is -0.860. The number of hydrogen-bond donors (Lipinski definition) is 1. The second-order valence-corrected chi connectivity index (χ2v) is 4.98. The SMILES string of the molecule is CCOC(=O)CCN(C)C(=O)CNC(=O)c1cccs1. The molecule has 7 heteroatoms. The third-order valence-corrected chi connectivity index (χ3v) is 3.40. The van der Waals surface area contributed by atoms with Crippen LogP contribution in [0.15, 0.2) is 17.5 Å². The Hall–Kier alpha value is -1.89. The van der Waals surface area contributed by atoms with Crippen LogP contribution in [-0.2, 0) is 14.3 Å². The first-order valence-electron chi connectivity index (χ1n) is 6.26. The third-order valence-electron chi connectivity index (χ3n) is 2.53. The van der Waals surface area contributed by atoms with Crippen LogP contribution in [0.2, 0.25) is 0 Å². The highest BCUT2D eigenvalue weighted by atomic mass is 32.1. The summed E-state index contributed by atoms with van der Waals surface area (Å²) in [6.07, 6.45) is 0.148. The molecule has 110 valence electrons. The monoisotopic (exact) mass is 298 g/mol. The van der Waals surface area contributed by atoms with E-state index in [0.29, 0.717) is 11.5 Å². The fraction of sp³-hybridized carbons (Fsp3) is 0.462. The third kappa shape index (κ3) is 5.40. The molecule has 0 radical (unpaired) electrons. The van der Waals surface area contributed by atoms with E-state index < -0.39 is 0 Å². The Morgan fingerprint density at radius 1 is 1.40 bits per heavy atom. The quantitative estimate of drug-likeness (QED) is 0.759. The highest BCUT2D eigenvalue weighted by molar-refractivity contribution is 7.12. The maximum absolute atomic E-state index is 11.7. The zero-order valence-corrected chi connectivity index (χ0v) is 12.4. The largest absolute Gasteiger partial charge is 0.466 e. The first-order chi connectivity index (χ1) is 9.54. The molecular formula is C13H18N2O4S. The first kappa shape index (κ1) is 16.2. The molecule has 0 saturated carbocycles. The summed E-state index contributed by atoms with van der Waals surface area (Å²) < 4.78 is 4.77.